The van der Waals surface area contributed by atoms with Crippen LogP contribution in [-0.4, -0.2) is 9.67 Å². The highest BCUT2D eigenvalue weighted by Gasteiger charge is 2.30. The number of alkyl halides is 3. The van der Waals surface area contributed by atoms with Crippen LogP contribution in [0.15, 0.2) is 57.9 Å². The van der Waals surface area contributed by atoms with Crippen molar-refractivity contribution in [1.82, 2.24) is 4.57 Å². The van der Waals surface area contributed by atoms with E-state index in [2.05, 4.69) is 15.9 Å². The molecule has 0 saturated carbocycles. The third-order valence-corrected chi connectivity index (χ3v) is 4.32. The first-order chi connectivity index (χ1) is 11.3. The van der Waals surface area contributed by atoms with E-state index in [1.165, 1.54) is 22.9 Å². The standard InChI is InChI=1S/C17H11BrF3NO2/c18-15-8-22(12-4-2-11(3-5-12)17(19,20)21)16(24)13-6-1-10(9-23)7-14(13)15/h1-8,23H,9H2. The summed E-state index contributed by atoms with van der Waals surface area (Å²) in [6, 6.07) is 9.30. The zero-order valence-electron chi connectivity index (χ0n) is 12.1. The normalized spacial score (nSPS) is 11.9. The van der Waals surface area contributed by atoms with Gasteiger partial charge >= 0.3 is 6.18 Å². The van der Waals surface area contributed by atoms with Crippen molar-refractivity contribution in [2.45, 2.75) is 12.8 Å². The summed E-state index contributed by atoms with van der Waals surface area (Å²) in [5.74, 6) is 0. The fourth-order valence-electron chi connectivity index (χ4n) is 2.45. The van der Waals surface area contributed by atoms with Gasteiger partial charge < -0.3 is 5.11 Å². The number of aromatic nitrogens is 1. The highest BCUT2D eigenvalue weighted by atomic mass is 79.9. The van der Waals surface area contributed by atoms with Gasteiger partial charge in [0.2, 0.25) is 0 Å². The highest BCUT2D eigenvalue weighted by Crippen LogP contribution is 2.30. The topological polar surface area (TPSA) is 42.2 Å². The molecule has 0 unspecified atom stereocenters. The molecule has 1 heterocycles. The van der Waals surface area contributed by atoms with E-state index in [0.717, 1.165) is 12.1 Å². The quantitative estimate of drug-likeness (QED) is 0.701. The molecule has 24 heavy (non-hydrogen) atoms. The molecule has 3 aromatic rings. The number of aliphatic hydroxyl groups is 1. The van der Waals surface area contributed by atoms with Crippen LogP contribution in [0.1, 0.15) is 11.1 Å². The molecule has 0 atom stereocenters. The molecule has 3 rings (SSSR count). The highest BCUT2D eigenvalue weighted by molar-refractivity contribution is 9.10. The number of nitrogens with zero attached hydrogens (tertiary/aromatic N) is 1. The Labute approximate surface area is 143 Å². The summed E-state index contributed by atoms with van der Waals surface area (Å²) < 4.78 is 39.8. The van der Waals surface area contributed by atoms with Crippen molar-refractivity contribution in [3.05, 3.63) is 74.6 Å². The first-order valence-electron chi connectivity index (χ1n) is 6.93. The SMILES string of the molecule is O=c1c2ccc(CO)cc2c(Br)cn1-c1ccc(C(F)(F)F)cc1. The molecule has 0 amide bonds. The van der Waals surface area contributed by atoms with Gasteiger partial charge in [0.15, 0.2) is 0 Å². The van der Waals surface area contributed by atoms with E-state index in [4.69, 9.17) is 0 Å². The summed E-state index contributed by atoms with van der Waals surface area (Å²) in [4.78, 5) is 12.6. The van der Waals surface area contributed by atoms with Crippen LogP contribution in [-0.2, 0) is 12.8 Å². The van der Waals surface area contributed by atoms with Gasteiger partial charge in [-0.05, 0) is 57.9 Å². The predicted octanol–water partition coefficient (Wildman–Crippen LogP) is 4.26. The van der Waals surface area contributed by atoms with E-state index >= 15 is 0 Å². The van der Waals surface area contributed by atoms with Gasteiger partial charge in [-0.1, -0.05) is 6.07 Å². The van der Waals surface area contributed by atoms with Crippen LogP contribution in [0.25, 0.3) is 16.5 Å². The lowest BCUT2D eigenvalue weighted by atomic mass is 10.1. The smallest absolute Gasteiger partial charge is 0.392 e. The zero-order chi connectivity index (χ0) is 17.5. The molecule has 0 aliphatic carbocycles. The number of benzene rings is 2. The van der Waals surface area contributed by atoms with Crippen molar-refractivity contribution in [2.24, 2.45) is 0 Å². The number of aliphatic hydroxyl groups excluding tert-OH is 1. The molecule has 0 spiro atoms. The second-order valence-corrected chi connectivity index (χ2v) is 6.09. The van der Waals surface area contributed by atoms with E-state index < -0.39 is 11.7 Å². The molecule has 1 N–H and O–H groups in total. The Balaban J connectivity index is 2.17. The summed E-state index contributed by atoms with van der Waals surface area (Å²) >= 11 is 3.37. The Kier molecular flexibility index (Phi) is 4.23. The summed E-state index contributed by atoms with van der Waals surface area (Å²) in [6.45, 7) is -0.148. The van der Waals surface area contributed by atoms with Gasteiger partial charge in [0.05, 0.1) is 12.2 Å². The molecule has 124 valence electrons. The van der Waals surface area contributed by atoms with Gasteiger partial charge in [-0.15, -0.1) is 0 Å². The van der Waals surface area contributed by atoms with Crippen LogP contribution in [0.4, 0.5) is 13.2 Å². The lowest BCUT2D eigenvalue weighted by Gasteiger charge is -2.12. The van der Waals surface area contributed by atoms with Crippen molar-refractivity contribution >= 4 is 26.7 Å². The van der Waals surface area contributed by atoms with Crippen molar-refractivity contribution < 1.29 is 18.3 Å². The summed E-state index contributed by atoms with van der Waals surface area (Å²) in [5.41, 5.74) is -0.124. The summed E-state index contributed by atoms with van der Waals surface area (Å²) in [7, 11) is 0. The van der Waals surface area contributed by atoms with Gasteiger partial charge in [-0.3, -0.25) is 9.36 Å². The number of hydrogen-bond donors (Lipinski definition) is 1. The van der Waals surface area contributed by atoms with Gasteiger partial charge in [0.25, 0.3) is 5.56 Å². The van der Waals surface area contributed by atoms with Crippen LogP contribution in [0.3, 0.4) is 0 Å². The Morgan fingerprint density at radius 2 is 1.71 bits per heavy atom. The van der Waals surface area contributed by atoms with E-state index in [-0.39, 0.29) is 12.2 Å². The van der Waals surface area contributed by atoms with Crippen LogP contribution in [0.5, 0.6) is 0 Å². The molecular weight excluding hydrogens is 387 g/mol. The maximum Gasteiger partial charge on any atom is 0.416 e. The number of rotatable bonds is 2. The molecule has 7 heteroatoms. The maximum absolute atomic E-state index is 12.6. The Hall–Kier alpha value is -2.12. The number of halogens is 4. The Bertz CT molecular complexity index is 962. The lowest BCUT2D eigenvalue weighted by molar-refractivity contribution is -0.137. The molecule has 2 aromatic carbocycles. The van der Waals surface area contributed by atoms with Crippen LogP contribution < -0.4 is 5.56 Å². The fourth-order valence-corrected chi connectivity index (χ4v) is 2.98. The van der Waals surface area contributed by atoms with Gasteiger partial charge in [-0.2, -0.15) is 13.2 Å². The molecule has 0 radical (unpaired) electrons. The third kappa shape index (κ3) is 2.97. The van der Waals surface area contributed by atoms with Crippen LogP contribution >= 0.6 is 15.9 Å². The van der Waals surface area contributed by atoms with E-state index in [1.807, 2.05) is 0 Å². The Morgan fingerprint density at radius 1 is 1.04 bits per heavy atom. The molecule has 1 aromatic heterocycles. The minimum Gasteiger partial charge on any atom is -0.392 e. The van der Waals surface area contributed by atoms with Gasteiger partial charge in [-0.25, -0.2) is 0 Å². The van der Waals surface area contributed by atoms with Gasteiger partial charge in [0, 0.05) is 27.1 Å². The van der Waals surface area contributed by atoms with Crippen molar-refractivity contribution in [1.29, 1.82) is 0 Å². The first-order valence-corrected chi connectivity index (χ1v) is 7.73. The van der Waals surface area contributed by atoms with Crippen molar-refractivity contribution in [2.75, 3.05) is 0 Å². The largest absolute Gasteiger partial charge is 0.416 e. The minimum absolute atomic E-state index is 0.148. The third-order valence-electron chi connectivity index (χ3n) is 3.69. The van der Waals surface area contributed by atoms with Crippen LogP contribution in [0, 0.1) is 0 Å². The molecule has 0 saturated heterocycles. The monoisotopic (exact) mass is 397 g/mol. The average molecular weight is 398 g/mol. The summed E-state index contributed by atoms with van der Waals surface area (Å²) in [6.07, 6.45) is -2.91. The second kappa shape index (κ2) is 6.07. The van der Waals surface area contributed by atoms with Crippen molar-refractivity contribution in [3.63, 3.8) is 0 Å². The van der Waals surface area contributed by atoms with Crippen molar-refractivity contribution in [3.8, 4) is 5.69 Å². The van der Waals surface area contributed by atoms with E-state index in [1.54, 1.807) is 18.2 Å². The van der Waals surface area contributed by atoms with E-state index in [9.17, 15) is 23.1 Å². The Morgan fingerprint density at radius 3 is 2.29 bits per heavy atom. The molecule has 0 aliphatic rings. The summed E-state index contributed by atoms with van der Waals surface area (Å²) in [5, 5.41) is 10.2. The number of hydrogen-bond acceptors (Lipinski definition) is 2. The molecular formula is C17H11BrF3NO2. The molecule has 0 fully saturated rings. The maximum atomic E-state index is 12.6. The molecule has 3 nitrogen and oxygen atoms in total. The van der Waals surface area contributed by atoms with Crippen LogP contribution in [0.2, 0.25) is 0 Å². The number of fused-ring (bicyclic) bond motifs is 1. The average Bonchev–Trinajstić information content (AvgIpc) is 2.57. The zero-order valence-corrected chi connectivity index (χ0v) is 13.7. The second-order valence-electron chi connectivity index (χ2n) is 5.23. The minimum atomic E-state index is -4.42. The van der Waals surface area contributed by atoms with Gasteiger partial charge in [0.1, 0.15) is 0 Å². The fraction of sp³-hybridized carbons (Fsp3) is 0.118. The molecule has 0 aliphatic heterocycles. The van der Waals surface area contributed by atoms with E-state index in [0.29, 0.717) is 26.5 Å². The lowest BCUT2D eigenvalue weighted by Crippen LogP contribution is -2.18. The number of pyridine rings is 1. The molecule has 0 bridgehead atoms. The predicted molar refractivity (Wildman–Crippen MR) is 88.2 cm³/mol. The first kappa shape index (κ1) is 16.7.